The topological polar surface area (TPSA) is 37.8 Å². The van der Waals surface area contributed by atoms with Crippen molar-refractivity contribution in [1.29, 1.82) is 0 Å². The van der Waals surface area contributed by atoms with Gasteiger partial charge in [-0.15, -0.1) is 11.3 Å². The molecule has 2 aromatic rings. The molecule has 1 N–H and O–H groups in total. The van der Waals surface area contributed by atoms with Crippen LogP contribution in [0.1, 0.15) is 11.4 Å². The Bertz CT molecular complexity index is 380. The first-order valence-corrected chi connectivity index (χ1v) is 5.32. The fraction of sp³-hybridized carbons (Fsp3) is 0.200. The number of nitrogens with one attached hydrogen (secondary N) is 1. The lowest BCUT2D eigenvalue weighted by Crippen LogP contribution is -1.99. The van der Waals surface area contributed by atoms with Gasteiger partial charge in [-0.05, 0) is 19.1 Å². The van der Waals surface area contributed by atoms with E-state index in [2.05, 4.69) is 15.3 Å². The summed E-state index contributed by atoms with van der Waals surface area (Å²) in [6.07, 6.45) is 1.84. The highest BCUT2D eigenvalue weighted by molar-refractivity contribution is 7.07. The van der Waals surface area contributed by atoms with Crippen LogP contribution in [0.5, 0.6) is 0 Å². The van der Waals surface area contributed by atoms with Crippen LogP contribution >= 0.6 is 11.3 Å². The Morgan fingerprint density at radius 3 is 2.93 bits per heavy atom. The second kappa shape index (κ2) is 4.19. The lowest BCUT2D eigenvalue weighted by molar-refractivity contribution is 1.06. The predicted octanol–water partition coefficient (Wildman–Crippen LogP) is 2.46. The Hall–Kier alpha value is -1.42. The molecule has 0 fully saturated rings. The molecule has 3 nitrogen and oxygen atoms in total. The van der Waals surface area contributed by atoms with Gasteiger partial charge in [-0.1, -0.05) is 0 Å². The fourth-order valence-electron chi connectivity index (χ4n) is 1.09. The molecule has 0 saturated carbocycles. The lowest BCUT2D eigenvalue weighted by Gasteiger charge is -2.03. The molecule has 72 valence electrons. The van der Waals surface area contributed by atoms with E-state index in [-0.39, 0.29) is 0 Å². The molecule has 14 heavy (non-hydrogen) atoms. The van der Waals surface area contributed by atoms with Crippen molar-refractivity contribution in [2.45, 2.75) is 13.5 Å². The minimum absolute atomic E-state index is 0.758. The Labute approximate surface area is 86.8 Å². The van der Waals surface area contributed by atoms with Crippen LogP contribution in [0.3, 0.4) is 0 Å². The highest BCUT2D eigenvalue weighted by atomic mass is 32.1. The van der Waals surface area contributed by atoms with E-state index in [9.17, 15) is 0 Å². The average molecular weight is 205 g/mol. The smallest absolute Gasteiger partial charge is 0.0795 e. The summed E-state index contributed by atoms with van der Waals surface area (Å²) in [5.74, 6) is 0. The van der Waals surface area contributed by atoms with Crippen molar-refractivity contribution in [3.63, 3.8) is 0 Å². The van der Waals surface area contributed by atoms with Gasteiger partial charge < -0.3 is 5.32 Å². The zero-order valence-corrected chi connectivity index (χ0v) is 8.71. The largest absolute Gasteiger partial charge is 0.378 e. The molecule has 0 amide bonds. The molecule has 0 bridgehead atoms. The van der Waals surface area contributed by atoms with Crippen molar-refractivity contribution < 1.29 is 0 Å². The summed E-state index contributed by atoms with van der Waals surface area (Å²) in [6.45, 7) is 2.73. The highest BCUT2D eigenvalue weighted by Crippen LogP contribution is 2.08. The Balaban J connectivity index is 1.95. The Kier molecular flexibility index (Phi) is 2.74. The van der Waals surface area contributed by atoms with Crippen molar-refractivity contribution >= 4 is 17.0 Å². The number of nitrogens with zero attached hydrogens (tertiary/aromatic N) is 2. The van der Waals surface area contributed by atoms with Crippen molar-refractivity contribution in [2.24, 2.45) is 0 Å². The third-order valence-electron chi connectivity index (χ3n) is 1.87. The molecule has 0 aliphatic rings. The van der Waals surface area contributed by atoms with Crippen LogP contribution in [0.2, 0.25) is 0 Å². The first-order valence-electron chi connectivity index (χ1n) is 4.38. The molecular weight excluding hydrogens is 194 g/mol. The van der Waals surface area contributed by atoms with Crippen molar-refractivity contribution in [3.05, 3.63) is 40.6 Å². The summed E-state index contributed by atoms with van der Waals surface area (Å²) in [7, 11) is 0. The fourth-order valence-corrected chi connectivity index (χ4v) is 1.65. The highest BCUT2D eigenvalue weighted by Gasteiger charge is 1.95. The molecule has 2 aromatic heterocycles. The quantitative estimate of drug-likeness (QED) is 0.836. The Morgan fingerprint density at radius 2 is 2.29 bits per heavy atom. The van der Waals surface area contributed by atoms with Gasteiger partial charge in [-0.25, -0.2) is 4.98 Å². The van der Waals surface area contributed by atoms with Crippen LogP contribution in [-0.4, -0.2) is 9.97 Å². The lowest BCUT2D eigenvalue weighted by atomic mass is 10.3. The van der Waals surface area contributed by atoms with Gasteiger partial charge in [0.2, 0.25) is 0 Å². The average Bonchev–Trinajstić information content (AvgIpc) is 2.70. The number of rotatable bonds is 3. The summed E-state index contributed by atoms with van der Waals surface area (Å²) in [5.41, 5.74) is 4.97. The number of hydrogen-bond donors (Lipinski definition) is 1. The maximum atomic E-state index is 4.20. The molecule has 0 saturated heterocycles. The number of pyridine rings is 1. The van der Waals surface area contributed by atoms with Crippen molar-refractivity contribution in [2.75, 3.05) is 5.32 Å². The number of thiazole rings is 1. The molecule has 0 aromatic carbocycles. The second-order valence-corrected chi connectivity index (χ2v) is 3.74. The van der Waals surface area contributed by atoms with Crippen LogP contribution in [0.15, 0.2) is 29.2 Å². The number of aryl methyl sites for hydroxylation is 1. The first kappa shape index (κ1) is 9.15. The first-order chi connectivity index (χ1) is 6.84. The molecule has 0 aliphatic carbocycles. The van der Waals surface area contributed by atoms with Gasteiger partial charge in [0.15, 0.2) is 0 Å². The summed E-state index contributed by atoms with van der Waals surface area (Å²) in [6, 6.07) is 4.01. The zero-order valence-electron chi connectivity index (χ0n) is 7.90. The van der Waals surface area contributed by atoms with E-state index in [1.807, 2.05) is 36.1 Å². The normalized spacial score (nSPS) is 10.1. The standard InChI is InChI=1S/C10H11N3S/c1-8-2-3-9(4-11-8)12-5-10-6-14-7-13-10/h2-4,6-7,12H,5H2,1H3. The van der Waals surface area contributed by atoms with Gasteiger partial charge in [-0.2, -0.15) is 0 Å². The van der Waals surface area contributed by atoms with Crippen LogP contribution < -0.4 is 5.32 Å². The summed E-state index contributed by atoms with van der Waals surface area (Å²) >= 11 is 1.61. The number of hydrogen-bond acceptors (Lipinski definition) is 4. The van der Waals surface area contributed by atoms with Crippen LogP contribution in [0, 0.1) is 6.92 Å². The van der Waals surface area contributed by atoms with E-state index < -0.39 is 0 Å². The summed E-state index contributed by atoms with van der Waals surface area (Å²) in [4.78, 5) is 8.38. The summed E-state index contributed by atoms with van der Waals surface area (Å²) in [5, 5.41) is 5.29. The third-order valence-corrected chi connectivity index (χ3v) is 2.50. The van der Waals surface area contributed by atoms with Gasteiger partial charge in [0, 0.05) is 11.1 Å². The SMILES string of the molecule is Cc1ccc(NCc2cscn2)cn1. The third kappa shape index (κ3) is 2.29. The van der Waals surface area contributed by atoms with E-state index in [1.54, 1.807) is 11.3 Å². The molecule has 0 aliphatic heterocycles. The Morgan fingerprint density at radius 1 is 1.36 bits per heavy atom. The molecule has 0 atom stereocenters. The van der Waals surface area contributed by atoms with E-state index in [4.69, 9.17) is 0 Å². The monoisotopic (exact) mass is 205 g/mol. The maximum absolute atomic E-state index is 4.20. The minimum Gasteiger partial charge on any atom is -0.378 e. The van der Waals surface area contributed by atoms with Gasteiger partial charge in [0.1, 0.15) is 0 Å². The van der Waals surface area contributed by atoms with Gasteiger partial charge >= 0.3 is 0 Å². The zero-order chi connectivity index (χ0) is 9.80. The van der Waals surface area contributed by atoms with Gasteiger partial charge in [0.05, 0.1) is 29.6 Å². The number of anilines is 1. The second-order valence-electron chi connectivity index (χ2n) is 3.02. The predicted molar refractivity (Wildman–Crippen MR) is 58.4 cm³/mol. The molecule has 2 rings (SSSR count). The van der Waals surface area contributed by atoms with Crippen molar-refractivity contribution in [3.8, 4) is 0 Å². The van der Waals surface area contributed by atoms with E-state index in [1.165, 1.54) is 0 Å². The molecule has 0 unspecified atom stereocenters. The minimum atomic E-state index is 0.758. The molecule has 4 heteroatoms. The maximum Gasteiger partial charge on any atom is 0.0795 e. The van der Waals surface area contributed by atoms with E-state index in [0.29, 0.717) is 0 Å². The van der Waals surface area contributed by atoms with Gasteiger partial charge in [-0.3, -0.25) is 4.98 Å². The van der Waals surface area contributed by atoms with Crippen LogP contribution in [0.4, 0.5) is 5.69 Å². The summed E-state index contributed by atoms with van der Waals surface area (Å²) < 4.78 is 0. The number of aromatic nitrogens is 2. The van der Waals surface area contributed by atoms with Crippen LogP contribution in [0.25, 0.3) is 0 Å². The molecule has 0 spiro atoms. The molecular formula is C10H11N3S. The van der Waals surface area contributed by atoms with E-state index >= 15 is 0 Å². The van der Waals surface area contributed by atoms with Crippen LogP contribution in [-0.2, 0) is 6.54 Å². The van der Waals surface area contributed by atoms with E-state index in [0.717, 1.165) is 23.6 Å². The molecule has 2 heterocycles. The van der Waals surface area contributed by atoms with Gasteiger partial charge in [0.25, 0.3) is 0 Å². The van der Waals surface area contributed by atoms with Crippen molar-refractivity contribution in [1.82, 2.24) is 9.97 Å². The molecule has 0 radical (unpaired) electrons.